The maximum Gasteiger partial charge on any atom is 0.314 e. The maximum atomic E-state index is 13.3. The minimum atomic E-state index is 0.0635. The fourth-order valence-corrected chi connectivity index (χ4v) is 8.11. The van der Waals surface area contributed by atoms with E-state index in [4.69, 9.17) is 4.74 Å². The van der Waals surface area contributed by atoms with Gasteiger partial charge in [-0.05, 0) is 103 Å². The lowest BCUT2D eigenvalue weighted by Gasteiger charge is -2.50. The Morgan fingerprint density at radius 3 is 2.50 bits per heavy atom. The lowest BCUT2D eigenvalue weighted by Crippen LogP contribution is -2.46. The Kier molecular flexibility index (Phi) is 4.88. The van der Waals surface area contributed by atoms with Crippen LogP contribution in [0.4, 0.5) is 0 Å². The van der Waals surface area contributed by atoms with Crippen molar-refractivity contribution >= 4 is 5.97 Å². The molecular weight excluding hydrogens is 368 g/mol. The molecule has 0 N–H and O–H groups in total. The van der Waals surface area contributed by atoms with Gasteiger partial charge in [-0.3, -0.25) is 4.79 Å². The van der Waals surface area contributed by atoms with Crippen LogP contribution in [0.5, 0.6) is 5.75 Å². The highest BCUT2D eigenvalue weighted by Crippen LogP contribution is 2.75. The van der Waals surface area contributed by atoms with Gasteiger partial charge in [-0.1, -0.05) is 53.2 Å². The summed E-state index contributed by atoms with van der Waals surface area (Å²) in [6.45, 7) is 11.6. The molecule has 0 radical (unpaired) electrons. The van der Waals surface area contributed by atoms with Crippen LogP contribution >= 0.6 is 0 Å². The van der Waals surface area contributed by atoms with Crippen molar-refractivity contribution in [2.24, 2.45) is 46.3 Å². The second-order valence-corrected chi connectivity index (χ2v) is 12.8. The Bertz CT molecular complexity index is 801. The van der Waals surface area contributed by atoms with Gasteiger partial charge in [0.25, 0.3) is 0 Å². The monoisotopic (exact) mass is 408 g/mol. The molecule has 1 spiro atoms. The van der Waals surface area contributed by atoms with Crippen LogP contribution in [0.15, 0.2) is 24.3 Å². The Morgan fingerprint density at radius 1 is 1.10 bits per heavy atom. The lowest BCUT2D eigenvalue weighted by atomic mass is 9.54. The highest BCUT2D eigenvalue weighted by molar-refractivity contribution is 5.77. The minimum absolute atomic E-state index is 0.0635. The predicted molar refractivity (Wildman–Crippen MR) is 121 cm³/mol. The first kappa shape index (κ1) is 20.6. The fraction of sp³-hybridized carbons (Fsp3) is 0.750. The SMILES string of the molecule is CC(C)C(CC(C)(C)C)c1ccc(OC(=O)C2C3CCC4CC5CC2C5(C4)C3)cc1. The summed E-state index contributed by atoms with van der Waals surface area (Å²) in [6.07, 6.45) is 9.20. The van der Waals surface area contributed by atoms with Gasteiger partial charge in [0.1, 0.15) is 5.75 Å². The molecule has 4 fully saturated rings. The number of benzene rings is 1. The normalized spacial score (nSPS) is 37.6. The molecule has 30 heavy (non-hydrogen) atoms. The van der Waals surface area contributed by atoms with Crippen LogP contribution < -0.4 is 4.74 Å². The number of ether oxygens (including phenoxy) is 1. The van der Waals surface area contributed by atoms with Gasteiger partial charge in [0, 0.05) is 0 Å². The van der Waals surface area contributed by atoms with Crippen LogP contribution in [0.25, 0.3) is 0 Å². The van der Waals surface area contributed by atoms with Crippen molar-refractivity contribution in [2.75, 3.05) is 0 Å². The number of carbonyl (C=O) groups excluding carboxylic acids is 1. The van der Waals surface area contributed by atoms with Gasteiger partial charge in [0.15, 0.2) is 0 Å². The molecule has 1 aromatic carbocycles. The summed E-state index contributed by atoms with van der Waals surface area (Å²) in [7, 11) is 0. The van der Waals surface area contributed by atoms with Gasteiger partial charge in [0.2, 0.25) is 0 Å². The predicted octanol–water partition coefficient (Wildman–Crippen LogP) is 7.23. The number of carbonyl (C=O) groups is 1. The van der Waals surface area contributed by atoms with Crippen molar-refractivity contribution in [1.82, 2.24) is 0 Å². The van der Waals surface area contributed by atoms with E-state index in [9.17, 15) is 4.79 Å². The Labute approximate surface area is 183 Å². The summed E-state index contributed by atoms with van der Waals surface area (Å²) in [5, 5.41) is 0. The number of rotatable bonds is 5. The smallest absolute Gasteiger partial charge is 0.314 e. The first-order valence-corrected chi connectivity index (χ1v) is 12.5. The molecule has 4 aliphatic carbocycles. The zero-order valence-corrected chi connectivity index (χ0v) is 19.6. The second kappa shape index (κ2) is 7.10. The molecule has 0 amide bonds. The van der Waals surface area contributed by atoms with E-state index in [0.717, 1.165) is 17.6 Å². The molecule has 0 aliphatic heterocycles. The van der Waals surface area contributed by atoms with Gasteiger partial charge in [-0.2, -0.15) is 0 Å². The first-order chi connectivity index (χ1) is 14.2. The van der Waals surface area contributed by atoms with E-state index in [1.54, 1.807) is 0 Å². The third-order valence-corrected chi connectivity index (χ3v) is 9.34. The molecule has 4 saturated carbocycles. The first-order valence-electron chi connectivity index (χ1n) is 12.5. The average Bonchev–Trinajstić information content (AvgIpc) is 3.00. The molecule has 7 unspecified atom stereocenters. The Hall–Kier alpha value is -1.31. The number of esters is 1. The van der Waals surface area contributed by atoms with Crippen LogP contribution in [-0.4, -0.2) is 5.97 Å². The van der Waals surface area contributed by atoms with Crippen molar-refractivity contribution < 1.29 is 9.53 Å². The Morgan fingerprint density at radius 2 is 1.83 bits per heavy atom. The molecule has 7 atom stereocenters. The number of hydrogen-bond acceptors (Lipinski definition) is 2. The van der Waals surface area contributed by atoms with E-state index in [1.165, 1.54) is 50.5 Å². The molecule has 164 valence electrons. The van der Waals surface area contributed by atoms with E-state index in [1.807, 2.05) is 12.1 Å². The van der Waals surface area contributed by atoms with E-state index in [2.05, 4.69) is 46.8 Å². The molecule has 0 saturated heterocycles. The molecule has 3 bridgehead atoms. The molecule has 0 heterocycles. The van der Waals surface area contributed by atoms with Gasteiger partial charge in [0.05, 0.1) is 5.92 Å². The van der Waals surface area contributed by atoms with E-state index in [-0.39, 0.29) is 11.9 Å². The van der Waals surface area contributed by atoms with Gasteiger partial charge < -0.3 is 4.74 Å². The highest BCUT2D eigenvalue weighted by Gasteiger charge is 2.69. The third-order valence-electron chi connectivity index (χ3n) is 9.34. The zero-order valence-electron chi connectivity index (χ0n) is 19.6. The van der Waals surface area contributed by atoms with E-state index < -0.39 is 0 Å². The van der Waals surface area contributed by atoms with Crippen molar-refractivity contribution in [1.29, 1.82) is 0 Å². The molecule has 1 aromatic rings. The molecule has 2 heteroatoms. The summed E-state index contributed by atoms with van der Waals surface area (Å²) in [5.74, 6) is 5.15. The maximum absolute atomic E-state index is 13.3. The van der Waals surface area contributed by atoms with Crippen LogP contribution in [0, 0.1) is 46.3 Å². The van der Waals surface area contributed by atoms with Crippen molar-refractivity contribution in [3.05, 3.63) is 29.8 Å². The summed E-state index contributed by atoms with van der Waals surface area (Å²) in [4.78, 5) is 13.3. The summed E-state index contributed by atoms with van der Waals surface area (Å²) >= 11 is 0. The summed E-state index contributed by atoms with van der Waals surface area (Å²) in [5.41, 5.74) is 2.19. The highest BCUT2D eigenvalue weighted by atomic mass is 16.5. The lowest BCUT2D eigenvalue weighted by molar-refractivity contribution is -0.146. The average molecular weight is 409 g/mol. The fourth-order valence-electron chi connectivity index (χ4n) is 8.11. The van der Waals surface area contributed by atoms with E-state index in [0.29, 0.717) is 34.5 Å². The van der Waals surface area contributed by atoms with E-state index >= 15 is 0 Å². The quantitative estimate of drug-likeness (QED) is 0.379. The molecule has 4 aliphatic rings. The van der Waals surface area contributed by atoms with Crippen LogP contribution in [-0.2, 0) is 4.79 Å². The molecule has 0 aromatic heterocycles. The van der Waals surface area contributed by atoms with Crippen molar-refractivity contribution in [3.63, 3.8) is 0 Å². The van der Waals surface area contributed by atoms with Crippen molar-refractivity contribution in [2.45, 2.75) is 85.5 Å². The molecular formula is C28H40O2. The standard InChI is InChI=1S/C28H40O2/c1-17(2)23(16-27(3,4)5)19-8-10-22(11-9-19)30-26(29)25-20-7-6-18-12-21-13-24(25)28(21,14-18)15-20/h8-11,17-18,20-21,23-25H,6-7,12-16H2,1-5H3. The number of fused-ring (bicyclic) bond motifs is 2. The van der Waals surface area contributed by atoms with Crippen LogP contribution in [0.1, 0.15) is 91.0 Å². The largest absolute Gasteiger partial charge is 0.426 e. The second-order valence-electron chi connectivity index (χ2n) is 12.8. The topological polar surface area (TPSA) is 26.3 Å². The number of hydrogen-bond donors (Lipinski definition) is 0. The van der Waals surface area contributed by atoms with Gasteiger partial charge >= 0.3 is 5.97 Å². The summed E-state index contributed by atoms with van der Waals surface area (Å²) in [6, 6.07) is 8.45. The van der Waals surface area contributed by atoms with Gasteiger partial charge in [-0.25, -0.2) is 0 Å². The minimum Gasteiger partial charge on any atom is -0.426 e. The molecule has 5 rings (SSSR count). The molecule has 2 nitrogen and oxygen atoms in total. The summed E-state index contributed by atoms with van der Waals surface area (Å²) < 4.78 is 6.00. The van der Waals surface area contributed by atoms with Crippen LogP contribution in [0.3, 0.4) is 0 Å². The third kappa shape index (κ3) is 3.33. The van der Waals surface area contributed by atoms with Crippen LogP contribution in [0.2, 0.25) is 0 Å². The Balaban J connectivity index is 1.28. The van der Waals surface area contributed by atoms with Crippen molar-refractivity contribution in [3.8, 4) is 5.75 Å². The zero-order chi connectivity index (χ0) is 21.3. The van der Waals surface area contributed by atoms with Gasteiger partial charge in [-0.15, -0.1) is 0 Å².